The molecule has 5 nitrogen and oxygen atoms in total. The Morgan fingerprint density at radius 2 is 1.19 bits per heavy atom. The van der Waals surface area contributed by atoms with Crippen LogP contribution in [0, 0.1) is 0 Å². The second-order valence-corrected chi connectivity index (χ2v) is 6.36. The number of urea groups is 1. The van der Waals surface area contributed by atoms with Gasteiger partial charge in [-0.1, -0.05) is 0 Å². The smallest absolute Gasteiger partial charge is 0.308 e. The van der Waals surface area contributed by atoms with E-state index in [-0.39, 0.29) is 6.03 Å². The maximum absolute atomic E-state index is 12.4. The van der Waals surface area contributed by atoms with Crippen LogP contribution in [0.1, 0.15) is 0 Å². The van der Waals surface area contributed by atoms with Crippen molar-refractivity contribution in [2.45, 2.75) is 0 Å². The van der Waals surface area contributed by atoms with Gasteiger partial charge in [-0.3, -0.25) is 0 Å². The summed E-state index contributed by atoms with van der Waals surface area (Å²) < 4.78 is 4.10. The number of hydrogen-bond acceptors (Lipinski definition) is 1. The molecular formula is C21H20N4O+2. The van der Waals surface area contributed by atoms with E-state index in [2.05, 4.69) is 10.6 Å². The van der Waals surface area contributed by atoms with Gasteiger partial charge in [0.2, 0.25) is 11.0 Å². The lowest BCUT2D eigenvalue weighted by Crippen LogP contribution is -2.28. The molecule has 0 aliphatic carbocycles. The van der Waals surface area contributed by atoms with Gasteiger partial charge in [-0.05, 0) is 36.4 Å². The SMILES string of the molecule is C[n+]1cccc2cc(NC(=O)Nc3ccc4c(ccc[n+]4C)c3)ccc21. The molecule has 0 saturated heterocycles. The second kappa shape index (κ2) is 6.44. The zero-order chi connectivity index (χ0) is 18.1. The monoisotopic (exact) mass is 344 g/mol. The van der Waals surface area contributed by atoms with Crippen LogP contribution in [-0.4, -0.2) is 6.03 Å². The Bertz CT molecular complexity index is 1050. The number of aromatic nitrogens is 2. The number of benzene rings is 2. The molecule has 2 heterocycles. The average Bonchev–Trinajstić information content (AvgIpc) is 2.62. The first-order chi connectivity index (χ1) is 12.6. The maximum atomic E-state index is 12.4. The Kier molecular flexibility index (Phi) is 3.97. The topological polar surface area (TPSA) is 48.9 Å². The van der Waals surface area contributed by atoms with Crippen LogP contribution in [0.25, 0.3) is 21.8 Å². The third-order valence-electron chi connectivity index (χ3n) is 4.50. The highest BCUT2D eigenvalue weighted by molar-refractivity contribution is 6.01. The summed E-state index contributed by atoms with van der Waals surface area (Å²) in [5, 5.41) is 7.94. The number of carbonyl (C=O) groups excluding carboxylic acids is 1. The quantitative estimate of drug-likeness (QED) is 0.539. The van der Waals surface area contributed by atoms with Gasteiger partial charge in [-0.25, -0.2) is 13.9 Å². The molecule has 26 heavy (non-hydrogen) atoms. The van der Waals surface area contributed by atoms with Crippen molar-refractivity contribution in [2.75, 3.05) is 10.6 Å². The molecule has 0 unspecified atom stereocenters. The first-order valence-corrected chi connectivity index (χ1v) is 8.45. The summed E-state index contributed by atoms with van der Waals surface area (Å²) in [6.07, 6.45) is 4.00. The minimum atomic E-state index is -0.260. The number of pyridine rings is 2. The Labute approximate surface area is 151 Å². The van der Waals surface area contributed by atoms with E-state index in [1.54, 1.807) is 0 Å². The van der Waals surface area contributed by atoms with Gasteiger partial charge in [0.15, 0.2) is 12.4 Å². The van der Waals surface area contributed by atoms with E-state index in [4.69, 9.17) is 0 Å². The highest BCUT2D eigenvalue weighted by atomic mass is 16.2. The molecule has 0 saturated carbocycles. The summed E-state index contributed by atoms with van der Waals surface area (Å²) in [7, 11) is 4.00. The van der Waals surface area contributed by atoms with Crippen LogP contribution in [0.5, 0.6) is 0 Å². The van der Waals surface area contributed by atoms with E-state index in [0.29, 0.717) is 0 Å². The zero-order valence-corrected chi connectivity index (χ0v) is 14.7. The maximum Gasteiger partial charge on any atom is 0.323 e. The van der Waals surface area contributed by atoms with Gasteiger partial charge in [0, 0.05) is 46.4 Å². The molecular weight excluding hydrogens is 324 g/mol. The van der Waals surface area contributed by atoms with Crippen molar-refractivity contribution >= 4 is 39.2 Å². The van der Waals surface area contributed by atoms with Crippen molar-refractivity contribution in [1.29, 1.82) is 0 Å². The molecule has 4 rings (SSSR count). The van der Waals surface area contributed by atoms with Crippen LogP contribution in [0.2, 0.25) is 0 Å². The van der Waals surface area contributed by atoms with Crippen molar-refractivity contribution in [3.63, 3.8) is 0 Å². The third kappa shape index (κ3) is 3.07. The van der Waals surface area contributed by atoms with Gasteiger partial charge in [0.1, 0.15) is 14.1 Å². The highest BCUT2D eigenvalue weighted by Crippen LogP contribution is 2.18. The Morgan fingerprint density at radius 1 is 0.731 bits per heavy atom. The normalized spacial score (nSPS) is 10.8. The molecule has 0 radical (unpaired) electrons. The predicted molar refractivity (Wildman–Crippen MR) is 103 cm³/mol. The summed E-state index contributed by atoms with van der Waals surface area (Å²) in [5.74, 6) is 0. The standard InChI is InChI=1S/C21H19N4O/c1-24-11-3-5-15-13-17(7-9-19(15)24)22-21(26)23-18-8-10-20-16(14-18)6-4-12-25(20)2/h3-14H,1-2H3,(H-,22,23,26)/q+1/p+1. The van der Waals surface area contributed by atoms with Gasteiger partial charge < -0.3 is 10.6 Å². The number of anilines is 2. The summed E-state index contributed by atoms with van der Waals surface area (Å²) in [5.41, 5.74) is 3.74. The molecule has 0 aliphatic heterocycles. The molecule has 0 bridgehead atoms. The fourth-order valence-electron chi connectivity index (χ4n) is 3.18. The van der Waals surface area contributed by atoms with Gasteiger partial charge in [0.25, 0.3) is 0 Å². The molecule has 2 aromatic heterocycles. The zero-order valence-electron chi connectivity index (χ0n) is 14.7. The Balaban J connectivity index is 1.53. The van der Waals surface area contributed by atoms with Crippen molar-refractivity contribution in [1.82, 2.24) is 0 Å². The predicted octanol–water partition coefficient (Wildman–Crippen LogP) is 3.29. The van der Waals surface area contributed by atoms with E-state index in [9.17, 15) is 4.79 Å². The Hall–Kier alpha value is -3.47. The second-order valence-electron chi connectivity index (χ2n) is 6.36. The lowest BCUT2D eigenvalue weighted by molar-refractivity contribution is -0.645. The number of amides is 2. The average molecular weight is 344 g/mol. The number of nitrogens with zero attached hydrogens (tertiary/aromatic N) is 2. The molecule has 0 fully saturated rings. The number of fused-ring (bicyclic) bond motifs is 2. The van der Waals surface area contributed by atoms with E-state index in [1.165, 1.54) is 0 Å². The molecule has 128 valence electrons. The fraction of sp³-hybridized carbons (Fsp3) is 0.0952. The van der Waals surface area contributed by atoms with Gasteiger partial charge in [-0.15, -0.1) is 0 Å². The molecule has 2 N–H and O–H groups in total. The van der Waals surface area contributed by atoms with E-state index >= 15 is 0 Å². The molecule has 0 spiro atoms. The van der Waals surface area contributed by atoms with Gasteiger partial charge >= 0.3 is 6.03 Å². The van der Waals surface area contributed by atoms with Crippen LogP contribution in [0.15, 0.2) is 73.1 Å². The lowest BCUT2D eigenvalue weighted by atomic mass is 10.2. The first-order valence-electron chi connectivity index (χ1n) is 8.45. The van der Waals surface area contributed by atoms with Crippen LogP contribution < -0.4 is 19.8 Å². The molecule has 0 aliphatic rings. The van der Waals surface area contributed by atoms with Crippen molar-refractivity contribution < 1.29 is 13.9 Å². The highest BCUT2D eigenvalue weighted by Gasteiger charge is 2.09. The number of rotatable bonds is 2. The van der Waals surface area contributed by atoms with Crippen molar-refractivity contribution in [3.8, 4) is 0 Å². The molecule has 0 atom stereocenters. The van der Waals surface area contributed by atoms with Gasteiger partial charge in [0.05, 0.1) is 0 Å². The summed E-state index contributed by atoms with van der Waals surface area (Å²) in [6, 6.07) is 19.5. The van der Waals surface area contributed by atoms with Gasteiger partial charge in [-0.2, -0.15) is 0 Å². The summed E-state index contributed by atoms with van der Waals surface area (Å²) in [6.45, 7) is 0. The molecule has 4 aromatic rings. The van der Waals surface area contributed by atoms with Crippen LogP contribution in [-0.2, 0) is 14.1 Å². The lowest BCUT2D eigenvalue weighted by Gasteiger charge is -2.08. The van der Waals surface area contributed by atoms with Crippen LogP contribution >= 0.6 is 0 Å². The minimum Gasteiger partial charge on any atom is -0.308 e. The Morgan fingerprint density at radius 3 is 1.65 bits per heavy atom. The van der Waals surface area contributed by atoms with Crippen LogP contribution in [0.3, 0.4) is 0 Å². The van der Waals surface area contributed by atoms with Crippen molar-refractivity contribution in [2.24, 2.45) is 14.1 Å². The fourth-order valence-corrected chi connectivity index (χ4v) is 3.18. The molecule has 2 amide bonds. The number of carbonyl (C=O) groups is 1. The summed E-state index contributed by atoms with van der Waals surface area (Å²) >= 11 is 0. The largest absolute Gasteiger partial charge is 0.323 e. The first kappa shape index (κ1) is 16.0. The molecule has 5 heteroatoms. The number of nitrogens with one attached hydrogen (secondary N) is 2. The summed E-state index contributed by atoms with van der Waals surface area (Å²) in [4.78, 5) is 12.4. The minimum absolute atomic E-state index is 0.260. The van der Waals surface area contributed by atoms with E-state index in [1.807, 2.05) is 96.3 Å². The van der Waals surface area contributed by atoms with Crippen molar-refractivity contribution in [3.05, 3.63) is 73.1 Å². The number of aryl methyl sites for hydroxylation is 2. The molecule has 2 aromatic carbocycles. The van der Waals surface area contributed by atoms with E-state index in [0.717, 1.165) is 33.2 Å². The van der Waals surface area contributed by atoms with E-state index < -0.39 is 0 Å². The number of hydrogen-bond donors (Lipinski definition) is 2. The van der Waals surface area contributed by atoms with Crippen LogP contribution in [0.4, 0.5) is 16.2 Å². The third-order valence-corrected chi connectivity index (χ3v) is 4.50.